The highest BCUT2D eigenvalue weighted by Gasteiger charge is 2.30. The summed E-state index contributed by atoms with van der Waals surface area (Å²) in [7, 11) is 1.27. The molecule has 0 aromatic carbocycles. The van der Waals surface area contributed by atoms with E-state index in [0.29, 0.717) is 30.4 Å². The first kappa shape index (κ1) is 22.4. The third-order valence-electron chi connectivity index (χ3n) is 5.53. The van der Waals surface area contributed by atoms with Crippen LogP contribution in [0.15, 0.2) is 46.8 Å². The fourth-order valence-corrected chi connectivity index (χ4v) is 3.89. The number of amides is 1. The number of pyridine rings is 2. The number of carbonyl (C=O) groups excluding carboxylic acids is 2. The Morgan fingerprint density at radius 3 is 2.70 bits per heavy atom. The van der Waals surface area contributed by atoms with Crippen molar-refractivity contribution in [3.8, 4) is 5.75 Å². The summed E-state index contributed by atoms with van der Waals surface area (Å²) < 4.78 is 23.2. The maximum Gasteiger partial charge on any atom is 0.343 e. The molecule has 10 nitrogen and oxygen atoms in total. The lowest BCUT2D eigenvalue weighted by molar-refractivity contribution is -0.132. The minimum atomic E-state index is -0.614. The molecular formula is C23H25N3O7. The number of aromatic nitrogens is 2. The lowest BCUT2D eigenvalue weighted by atomic mass is 10.1. The van der Waals surface area contributed by atoms with Crippen molar-refractivity contribution in [2.45, 2.75) is 26.5 Å². The quantitative estimate of drug-likeness (QED) is 0.620. The second-order valence-electron chi connectivity index (χ2n) is 7.55. The molecule has 0 N–H and O–H groups in total. The molecule has 1 amide bonds. The molecule has 2 aromatic rings. The Bertz CT molecular complexity index is 1140. The van der Waals surface area contributed by atoms with Gasteiger partial charge in [-0.05, 0) is 19.1 Å². The summed E-state index contributed by atoms with van der Waals surface area (Å²) >= 11 is 0. The summed E-state index contributed by atoms with van der Waals surface area (Å²) in [5, 5.41) is 0. The van der Waals surface area contributed by atoms with Crippen LogP contribution in [0.1, 0.15) is 28.7 Å². The van der Waals surface area contributed by atoms with Crippen molar-refractivity contribution in [3.63, 3.8) is 0 Å². The molecule has 0 fully saturated rings. The zero-order valence-corrected chi connectivity index (χ0v) is 18.5. The fraction of sp³-hybridized carbons (Fsp3) is 0.391. The average Bonchev–Trinajstić information content (AvgIpc) is 3.06. The molecule has 0 aliphatic carbocycles. The minimum absolute atomic E-state index is 0.0864. The summed E-state index contributed by atoms with van der Waals surface area (Å²) in [5.74, 6) is -0.180. The van der Waals surface area contributed by atoms with Crippen LogP contribution in [0.5, 0.6) is 5.75 Å². The van der Waals surface area contributed by atoms with Crippen molar-refractivity contribution in [1.82, 2.24) is 14.5 Å². The predicted octanol–water partition coefficient (Wildman–Crippen LogP) is 1.27. The van der Waals surface area contributed by atoms with Gasteiger partial charge in [-0.25, -0.2) is 4.79 Å². The van der Waals surface area contributed by atoms with Gasteiger partial charge in [-0.3, -0.25) is 14.6 Å². The molecule has 0 saturated carbocycles. The first-order valence-electron chi connectivity index (χ1n) is 10.6. The lowest BCUT2D eigenvalue weighted by Gasteiger charge is -2.25. The number of allylic oxidation sites excluding steroid dienone is 1. The average molecular weight is 455 g/mol. The highest BCUT2D eigenvalue weighted by atomic mass is 16.6. The number of ether oxygens (including phenoxy) is 4. The first-order chi connectivity index (χ1) is 16.0. The molecule has 4 rings (SSSR count). The monoisotopic (exact) mass is 455 g/mol. The Hall–Kier alpha value is -3.82. The first-order valence-corrected chi connectivity index (χ1v) is 10.6. The molecule has 174 valence electrons. The van der Waals surface area contributed by atoms with Gasteiger partial charge in [-0.1, -0.05) is 6.07 Å². The van der Waals surface area contributed by atoms with Gasteiger partial charge in [0.2, 0.25) is 5.76 Å². The zero-order chi connectivity index (χ0) is 23.4. The molecule has 4 heterocycles. The topological polar surface area (TPSA) is 109 Å². The molecule has 0 saturated heterocycles. The van der Waals surface area contributed by atoms with Crippen LogP contribution in [0.4, 0.5) is 0 Å². The van der Waals surface area contributed by atoms with Gasteiger partial charge in [0.25, 0.3) is 11.5 Å². The molecule has 0 bridgehead atoms. The van der Waals surface area contributed by atoms with E-state index in [1.165, 1.54) is 17.7 Å². The van der Waals surface area contributed by atoms with E-state index in [9.17, 15) is 14.4 Å². The van der Waals surface area contributed by atoms with Crippen LogP contribution in [-0.2, 0) is 38.6 Å². The number of fused-ring (bicyclic) bond motifs is 1. The number of nitrogens with zero attached hydrogens (tertiary/aromatic N) is 3. The summed E-state index contributed by atoms with van der Waals surface area (Å²) in [5.41, 5.74) is 0.969. The molecule has 2 aliphatic rings. The van der Waals surface area contributed by atoms with Gasteiger partial charge in [0.15, 0.2) is 0 Å². The van der Waals surface area contributed by atoms with Crippen molar-refractivity contribution < 1.29 is 28.5 Å². The summed E-state index contributed by atoms with van der Waals surface area (Å²) in [6.45, 7) is 3.25. The number of esters is 1. The molecule has 0 unspecified atom stereocenters. The second-order valence-corrected chi connectivity index (χ2v) is 7.55. The maximum absolute atomic E-state index is 13.0. The van der Waals surface area contributed by atoms with Crippen molar-refractivity contribution in [2.24, 2.45) is 0 Å². The molecule has 10 heteroatoms. The summed E-state index contributed by atoms with van der Waals surface area (Å²) in [4.78, 5) is 44.4. The Morgan fingerprint density at radius 1 is 1.15 bits per heavy atom. The van der Waals surface area contributed by atoms with Crippen LogP contribution in [0.2, 0.25) is 0 Å². The number of carbonyl (C=O) groups is 2. The maximum atomic E-state index is 13.0. The van der Waals surface area contributed by atoms with Crippen LogP contribution >= 0.6 is 0 Å². The van der Waals surface area contributed by atoms with Crippen molar-refractivity contribution >= 4 is 11.9 Å². The molecule has 2 aromatic heterocycles. The highest BCUT2D eigenvalue weighted by Crippen LogP contribution is 2.25. The fourth-order valence-electron chi connectivity index (χ4n) is 3.89. The lowest BCUT2D eigenvalue weighted by Crippen LogP contribution is -2.37. The van der Waals surface area contributed by atoms with E-state index in [1.54, 1.807) is 30.2 Å². The standard InChI is InChI=1S/C23H25N3O7/c1-15-21(32-12-11-31-15)22(28)25-8-6-17-20(23(29)30-2)18(13-19(27)26(17)10-9-25)33-14-16-5-3-4-7-24-16/h3-5,7,13H,6,8-12,14H2,1-2H3. The van der Waals surface area contributed by atoms with Crippen LogP contribution in [0, 0.1) is 0 Å². The zero-order valence-electron chi connectivity index (χ0n) is 18.5. The van der Waals surface area contributed by atoms with Gasteiger partial charge in [-0.2, -0.15) is 0 Å². The van der Waals surface area contributed by atoms with E-state index in [-0.39, 0.29) is 61.2 Å². The second kappa shape index (κ2) is 9.76. The number of hydrogen-bond acceptors (Lipinski definition) is 8. The third kappa shape index (κ3) is 4.69. The number of methoxy groups -OCH3 is 1. The SMILES string of the molecule is COC(=O)c1c(OCc2ccccn2)cc(=O)n2c1CCN(C(=O)C1=C(C)OCCO1)CC2. The van der Waals surface area contributed by atoms with Gasteiger partial charge in [0, 0.05) is 44.0 Å². The van der Waals surface area contributed by atoms with E-state index in [1.807, 2.05) is 6.07 Å². The Labute approximate surface area is 190 Å². The predicted molar refractivity (Wildman–Crippen MR) is 115 cm³/mol. The number of hydrogen-bond donors (Lipinski definition) is 0. The Balaban J connectivity index is 1.63. The normalized spacial score (nSPS) is 15.6. The van der Waals surface area contributed by atoms with Gasteiger partial charge < -0.3 is 28.4 Å². The molecule has 2 aliphatic heterocycles. The van der Waals surface area contributed by atoms with E-state index < -0.39 is 5.97 Å². The van der Waals surface area contributed by atoms with Crippen molar-refractivity contribution in [2.75, 3.05) is 33.4 Å². The third-order valence-corrected chi connectivity index (χ3v) is 5.53. The summed E-state index contributed by atoms with van der Waals surface area (Å²) in [6.07, 6.45) is 1.90. The minimum Gasteiger partial charge on any atom is -0.491 e. The molecular weight excluding hydrogens is 430 g/mol. The molecule has 33 heavy (non-hydrogen) atoms. The molecule has 0 radical (unpaired) electrons. The smallest absolute Gasteiger partial charge is 0.343 e. The molecule has 0 spiro atoms. The number of rotatable bonds is 5. The Kier molecular flexibility index (Phi) is 6.62. The van der Waals surface area contributed by atoms with Gasteiger partial charge in [-0.15, -0.1) is 0 Å². The highest BCUT2D eigenvalue weighted by molar-refractivity contribution is 5.94. The molecule has 0 atom stereocenters. The summed E-state index contributed by atoms with van der Waals surface area (Å²) in [6, 6.07) is 6.67. The van der Waals surface area contributed by atoms with Crippen molar-refractivity contribution in [1.29, 1.82) is 0 Å². The Morgan fingerprint density at radius 2 is 1.97 bits per heavy atom. The van der Waals surface area contributed by atoms with Crippen LogP contribution in [0.25, 0.3) is 0 Å². The van der Waals surface area contributed by atoms with Crippen LogP contribution in [0.3, 0.4) is 0 Å². The van der Waals surface area contributed by atoms with Gasteiger partial charge in [0.1, 0.15) is 36.9 Å². The van der Waals surface area contributed by atoms with E-state index in [0.717, 1.165) is 0 Å². The van der Waals surface area contributed by atoms with E-state index in [2.05, 4.69) is 4.98 Å². The largest absolute Gasteiger partial charge is 0.491 e. The van der Waals surface area contributed by atoms with Crippen molar-refractivity contribution in [3.05, 3.63) is 69.3 Å². The van der Waals surface area contributed by atoms with Crippen LogP contribution in [-0.4, -0.2) is 59.7 Å². The van der Waals surface area contributed by atoms with Gasteiger partial charge >= 0.3 is 5.97 Å². The van der Waals surface area contributed by atoms with Gasteiger partial charge in [0.05, 0.1) is 12.8 Å². The van der Waals surface area contributed by atoms with E-state index in [4.69, 9.17) is 18.9 Å². The van der Waals surface area contributed by atoms with Crippen LogP contribution < -0.4 is 10.3 Å². The van der Waals surface area contributed by atoms with E-state index >= 15 is 0 Å².